The third-order valence-corrected chi connectivity index (χ3v) is 3.13. The number of rotatable bonds is 2. The Morgan fingerprint density at radius 1 is 1.20 bits per heavy atom. The van der Waals surface area contributed by atoms with Gasteiger partial charge in [-0.3, -0.25) is 4.57 Å². The van der Waals surface area contributed by atoms with E-state index in [1.54, 1.807) is 0 Å². The maximum absolute atomic E-state index is 9.92. The minimum Gasteiger partial charge on any atom is -0.492 e. The van der Waals surface area contributed by atoms with Crippen LogP contribution >= 0.6 is 0 Å². The van der Waals surface area contributed by atoms with E-state index in [1.807, 2.05) is 0 Å². The van der Waals surface area contributed by atoms with Crippen molar-refractivity contribution in [2.24, 2.45) is 0 Å². The summed E-state index contributed by atoms with van der Waals surface area (Å²) in [7, 11) is 0. The zero-order valence-electron chi connectivity index (χ0n) is 10.7. The number of fused-ring (bicyclic) bond motifs is 1. The van der Waals surface area contributed by atoms with E-state index >= 15 is 0 Å². The Morgan fingerprint density at radius 2 is 1.95 bits per heavy atom. The van der Waals surface area contributed by atoms with Gasteiger partial charge >= 0.3 is 0 Å². The summed E-state index contributed by atoms with van der Waals surface area (Å²) < 4.78 is 6.73. The summed E-state index contributed by atoms with van der Waals surface area (Å²) in [6.45, 7) is -0.415. The second-order valence-corrected chi connectivity index (χ2v) is 4.25. The molecule has 10 heteroatoms. The van der Waals surface area contributed by atoms with Gasteiger partial charge in [0.25, 0.3) is 0 Å². The van der Waals surface area contributed by atoms with Crippen LogP contribution in [0.1, 0.15) is 6.23 Å². The van der Waals surface area contributed by atoms with Crippen LogP contribution in [0.4, 0.5) is 0 Å². The second-order valence-electron chi connectivity index (χ2n) is 4.25. The SMILES string of the molecule is OC[C@H]1O[C@@H](n2cnc3c(O)ncnc32)[C@H](O)[C@@H]1O.[Na]. The Labute approximate surface area is 135 Å². The summed E-state index contributed by atoms with van der Waals surface area (Å²) >= 11 is 0. The number of hydrogen-bond donors (Lipinski definition) is 4. The predicted molar refractivity (Wildman–Crippen MR) is 65.8 cm³/mol. The van der Waals surface area contributed by atoms with Crippen molar-refractivity contribution in [1.82, 2.24) is 19.5 Å². The molecule has 4 atom stereocenters. The van der Waals surface area contributed by atoms with Crippen LogP contribution < -0.4 is 0 Å². The van der Waals surface area contributed by atoms with Gasteiger partial charge in [-0.1, -0.05) is 0 Å². The molecule has 3 heterocycles. The molecule has 1 aliphatic rings. The fourth-order valence-electron chi connectivity index (χ4n) is 2.14. The standard InChI is InChI=1S/C10H12N4O5.Na/c15-1-4-6(16)7(17)10(19-4)14-3-13-5-8(14)11-2-12-9(5)18;/h2-4,6-7,10,15-17H,1H2,(H,11,12,18);/t4-,6-,7-,10-;/m1./s1. The smallest absolute Gasteiger partial charge is 0.242 e. The summed E-state index contributed by atoms with van der Waals surface area (Å²) in [5.41, 5.74) is 0.433. The average molecular weight is 291 g/mol. The molecule has 0 aromatic carbocycles. The summed E-state index contributed by atoms with van der Waals surface area (Å²) in [4.78, 5) is 11.5. The van der Waals surface area contributed by atoms with E-state index in [2.05, 4.69) is 15.0 Å². The number of aromatic nitrogens is 4. The normalized spacial score (nSPS) is 29.6. The number of imidazole rings is 1. The Bertz CT molecular complexity index is 608. The van der Waals surface area contributed by atoms with Gasteiger partial charge in [0.2, 0.25) is 5.88 Å². The monoisotopic (exact) mass is 291 g/mol. The molecule has 0 spiro atoms. The molecule has 0 saturated carbocycles. The quantitative estimate of drug-likeness (QED) is 0.456. The molecule has 0 bridgehead atoms. The third kappa shape index (κ3) is 2.31. The molecule has 0 aliphatic carbocycles. The molecule has 2 aromatic rings. The van der Waals surface area contributed by atoms with Crippen LogP contribution in [0.25, 0.3) is 11.2 Å². The summed E-state index contributed by atoms with van der Waals surface area (Å²) in [6.07, 6.45) is -1.79. The Morgan fingerprint density at radius 3 is 2.60 bits per heavy atom. The average Bonchev–Trinajstić information content (AvgIpc) is 2.94. The molecule has 103 valence electrons. The van der Waals surface area contributed by atoms with Crippen molar-refractivity contribution in [3.63, 3.8) is 0 Å². The number of nitrogens with zero attached hydrogens (tertiary/aromatic N) is 4. The largest absolute Gasteiger partial charge is 0.492 e. The maximum atomic E-state index is 9.92. The van der Waals surface area contributed by atoms with Gasteiger partial charge in [0.15, 0.2) is 17.4 Å². The minimum absolute atomic E-state index is 0. The van der Waals surface area contributed by atoms with Crippen LogP contribution in [0.5, 0.6) is 5.88 Å². The molecule has 3 rings (SSSR count). The van der Waals surface area contributed by atoms with Gasteiger partial charge in [0, 0.05) is 29.6 Å². The van der Waals surface area contributed by atoms with Crippen LogP contribution in [-0.4, -0.2) is 94.4 Å². The first kappa shape index (κ1) is 15.6. The molecule has 0 amide bonds. The van der Waals surface area contributed by atoms with E-state index < -0.39 is 31.1 Å². The molecule has 1 aliphatic heterocycles. The van der Waals surface area contributed by atoms with Crippen LogP contribution in [0.3, 0.4) is 0 Å². The summed E-state index contributed by atoms with van der Waals surface area (Å²) in [5, 5.41) is 38.2. The summed E-state index contributed by atoms with van der Waals surface area (Å²) in [6, 6.07) is 0. The minimum atomic E-state index is -1.23. The van der Waals surface area contributed by atoms with Crippen molar-refractivity contribution in [3.05, 3.63) is 12.7 Å². The van der Waals surface area contributed by atoms with Gasteiger partial charge in [-0.2, -0.15) is 4.98 Å². The van der Waals surface area contributed by atoms with Gasteiger partial charge in [0.05, 0.1) is 12.9 Å². The van der Waals surface area contributed by atoms with E-state index in [0.717, 1.165) is 6.33 Å². The van der Waals surface area contributed by atoms with E-state index in [4.69, 9.17) is 9.84 Å². The van der Waals surface area contributed by atoms with Crippen molar-refractivity contribution in [3.8, 4) is 5.88 Å². The fraction of sp³-hybridized carbons (Fsp3) is 0.500. The second kappa shape index (κ2) is 5.90. The Kier molecular flexibility index (Phi) is 4.59. The molecule has 1 fully saturated rings. The number of aliphatic hydroxyl groups excluding tert-OH is 3. The van der Waals surface area contributed by atoms with E-state index in [-0.39, 0.29) is 46.6 Å². The zero-order chi connectivity index (χ0) is 13.6. The van der Waals surface area contributed by atoms with Gasteiger partial charge in [-0.25, -0.2) is 9.97 Å². The van der Waals surface area contributed by atoms with Gasteiger partial charge < -0.3 is 25.2 Å². The van der Waals surface area contributed by atoms with Gasteiger partial charge in [-0.15, -0.1) is 0 Å². The first-order valence-electron chi connectivity index (χ1n) is 5.62. The van der Waals surface area contributed by atoms with E-state index in [0.29, 0.717) is 0 Å². The molecule has 0 unspecified atom stereocenters. The Hall–Kier alpha value is -0.810. The van der Waals surface area contributed by atoms with Crippen LogP contribution in [0, 0.1) is 0 Å². The van der Waals surface area contributed by atoms with Crippen LogP contribution in [-0.2, 0) is 4.74 Å². The third-order valence-electron chi connectivity index (χ3n) is 3.13. The molecular weight excluding hydrogens is 279 g/mol. The molecular formula is C10H12N4NaO5. The number of hydrogen-bond acceptors (Lipinski definition) is 8. The number of aromatic hydroxyl groups is 1. The predicted octanol–water partition coefficient (Wildman–Crippen LogP) is -2.24. The van der Waals surface area contributed by atoms with E-state index in [1.165, 1.54) is 10.9 Å². The number of aliphatic hydroxyl groups is 3. The molecule has 1 saturated heterocycles. The van der Waals surface area contributed by atoms with Crippen LogP contribution in [0.2, 0.25) is 0 Å². The van der Waals surface area contributed by atoms with Crippen molar-refractivity contribution < 1.29 is 25.2 Å². The van der Waals surface area contributed by atoms with Crippen molar-refractivity contribution in [2.45, 2.75) is 24.5 Å². The molecule has 2 aromatic heterocycles. The van der Waals surface area contributed by atoms with Gasteiger partial charge in [-0.05, 0) is 0 Å². The fourth-order valence-corrected chi connectivity index (χ4v) is 2.14. The topological polar surface area (TPSA) is 134 Å². The zero-order valence-corrected chi connectivity index (χ0v) is 12.7. The summed E-state index contributed by atoms with van der Waals surface area (Å²) in [5.74, 6) is -0.282. The molecule has 4 N–H and O–H groups in total. The Balaban J connectivity index is 0.00000147. The van der Waals surface area contributed by atoms with E-state index in [9.17, 15) is 15.3 Å². The van der Waals surface area contributed by atoms with Crippen molar-refractivity contribution in [2.75, 3.05) is 6.61 Å². The first-order valence-corrected chi connectivity index (χ1v) is 5.62. The first-order chi connectivity index (χ1) is 9.13. The van der Waals surface area contributed by atoms with Gasteiger partial charge in [0.1, 0.15) is 24.6 Å². The molecule has 9 nitrogen and oxygen atoms in total. The number of ether oxygens (including phenoxy) is 1. The molecule has 1 radical (unpaired) electrons. The molecule has 20 heavy (non-hydrogen) atoms. The van der Waals surface area contributed by atoms with Crippen molar-refractivity contribution >= 4 is 40.7 Å². The van der Waals surface area contributed by atoms with Crippen molar-refractivity contribution in [1.29, 1.82) is 0 Å². The maximum Gasteiger partial charge on any atom is 0.242 e. The van der Waals surface area contributed by atoms with Crippen LogP contribution in [0.15, 0.2) is 12.7 Å².